The summed E-state index contributed by atoms with van der Waals surface area (Å²) < 4.78 is 0. The van der Waals surface area contributed by atoms with Crippen molar-refractivity contribution in [3.05, 3.63) is 59.7 Å². The number of anilines is 1. The number of amides is 2. The van der Waals surface area contributed by atoms with Crippen LogP contribution in [0.4, 0.5) is 5.69 Å². The zero-order valence-electron chi connectivity index (χ0n) is 16.6. The second kappa shape index (κ2) is 9.38. The summed E-state index contributed by atoms with van der Waals surface area (Å²) in [5, 5.41) is 10.4. The van der Waals surface area contributed by atoms with Crippen LogP contribution in [0.25, 0.3) is 11.4 Å². The molecule has 0 saturated carbocycles. The lowest BCUT2D eigenvalue weighted by atomic mass is 10.1. The third-order valence-corrected chi connectivity index (χ3v) is 5.14. The number of hydrogen-bond donors (Lipinski definition) is 2. The minimum Gasteiger partial charge on any atom is -0.336 e. The summed E-state index contributed by atoms with van der Waals surface area (Å²) in [6, 6.07) is 15.5. The number of nitrogens with zero attached hydrogens (tertiary/aromatic N) is 3. The number of aryl methyl sites for hydroxylation is 2. The summed E-state index contributed by atoms with van der Waals surface area (Å²) in [6.45, 7) is 3.88. The molecule has 0 radical (unpaired) electrons. The lowest BCUT2D eigenvalue weighted by molar-refractivity contribution is -0.131. The van der Waals surface area contributed by atoms with Crippen LogP contribution >= 0.6 is 11.8 Å². The molecule has 2 amide bonds. The Kier molecular flexibility index (Phi) is 6.66. The van der Waals surface area contributed by atoms with E-state index in [1.807, 2.05) is 62.4 Å². The smallest absolute Gasteiger partial charge is 0.243 e. The second-order valence-electron chi connectivity index (χ2n) is 6.74. The maximum Gasteiger partial charge on any atom is 0.243 e. The van der Waals surface area contributed by atoms with Crippen molar-refractivity contribution in [3.8, 4) is 11.4 Å². The van der Waals surface area contributed by atoms with Gasteiger partial charge in [-0.1, -0.05) is 54.2 Å². The number of benzene rings is 2. The Bertz CT molecular complexity index is 1000. The van der Waals surface area contributed by atoms with E-state index in [-0.39, 0.29) is 24.1 Å². The molecule has 1 aromatic heterocycles. The van der Waals surface area contributed by atoms with Crippen LogP contribution < -0.4 is 5.32 Å². The molecule has 0 aliphatic heterocycles. The fourth-order valence-electron chi connectivity index (χ4n) is 2.64. The maximum atomic E-state index is 12.4. The fourth-order valence-corrected chi connectivity index (χ4v) is 3.38. The van der Waals surface area contributed by atoms with Crippen LogP contribution in [0, 0.1) is 13.8 Å². The first kappa shape index (κ1) is 20.6. The average Bonchev–Trinajstić information content (AvgIpc) is 3.18. The molecule has 150 valence electrons. The van der Waals surface area contributed by atoms with Gasteiger partial charge in [0.15, 0.2) is 5.82 Å². The quantitative estimate of drug-likeness (QED) is 0.585. The van der Waals surface area contributed by atoms with Crippen molar-refractivity contribution in [2.75, 3.05) is 24.7 Å². The number of rotatable bonds is 7. The number of aromatic nitrogens is 3. The van der Waals surface area contributed by atoms with Crippen LogP contribution in [0.15, 0.2) is 53.7 Å². The summed E-state index contributed by atoms with van der Waals surface area (Å²) in [4.78, 5) is 30.4. The van der Waals surface area contributed by atoms with Crippen LogP contribution in [0.3, 0.4) is 0 Å². The highest BCUT2D eigenvalue weighted by Crippen LogP contribution is 2.19. The van der Waals surface area contributed by atoms with Gasteiger partial charge in [-0.2, -0.15) is 0 Å². The molecule has 0 fully saturated rings. The van der Waals surface area contributed by atoms with Gasteiger partial charge in [-0.3, -0.25) is 14.7 Å². The number of likely N-dealkylation sites (N-methyl/N-ethyl adjacent to an activating group) is 1. The molecule has 1 heterocycles. The Morgan fingerprint density at radius 3 is 2.66 bits per heavy atom. The van der Waals surface area contributed by atoms with Gasteiger partial charge >= 0.3 is 0 Å². The molecule has 0 atom stereocenters. The molecule has 29 heavy (non-hydrogen) atoms. The maximum absolute atomic E-state index is 12.4. The summed E-state index contributed by atoms with van der Waals surface area (Å²) in [5.41, 5.74) is 3.73. The Hall–Kier alpha value is -3.13. The first-order valence-electron chi connectivity index (χ1n) is 9.14. The molecule has 0 unspecified atom stereocenters. The van der Waals surface area contributed by atoms with E-state index in [0.29, 0.717) is 11.0 Å². The van der Waals surface area contributed by atoms with Crippen molar-refractivity contribution in [1.29, 1.82) is 0 Å². The van der Waals surface area contributed by atoms with E-state index in [1.54, 1.807) is 7.05 Å². The highest BCUT2D eigenvalue weighted by molar-refractivity contribution is 7.99. The minimum absolute atomic E-state index is 0.0178. The molecule has 0 bridgehead atoms. The topological polar surface area (TPSA) is 91.0 Å². The normalized spacial score (nSPS) is 10.6. The van der Waals surface area contributed by atoms with Crippen molar-refractivity contribution in [2.24, 2.45) is 0 Å². The minimum atomic E-state index is -0.233. The zero-order chi connectivity index (χ0) is 20.8. The number of carbonyl (C=O) groups excluding carboxylic acids is 2. The highest BCUT2D eigenvalue weighted by atomic mass is 32.2. The van der Waals surface area contributed by atoms with E-state index in [1.165, 1.54) is 16.7 Å². The standard InChI is InChI=1S/C21H23N5O2S/c1-14-9-10-15(2)17(11-14)22-18(27)12-26(3)19(28)13-29-21-23-20(24-25-21)16-7-5-4-6-8-16/h4-11H,12-13H2,1-3H3,(H,22,27)(H,23,24,25). The molecule has 2 N–H and O–H groups in total. The zero-order valence-corrected chi connectivity index (χ0v) is 17.4. The Balaban J connectivity index is 1.50. The summed E-state index contributed by atoms with van der Waals surface area (Å²) >= 11 is 1.23. The molecule has 0 aliphatic carbocycles. The number of hydrogen-bond acceptors (Lipinski definition) is 5. The van der Waals surface area contributed by atoms with E-state index in [9.17, 15) is 9.59 Å². The summed E-state index contributed by atoms with van der Waals surface area (Å²) in [7, 11) is 1.61. The molecule has 2 aromatic carbocycles. The van der Waals surface area contributed by atoms with Crippen LogP contribution in [0.1, 0.15) is 11.1 Å². The van der Waals surface area contributed by atoms with Gasteiger partial charge in [0.2, 0.25) is 17.0 Å². The van der Waals surface area contributed by atoms with Gasteiger partial charge in [-0.05, 0) is 31.0 Å². The van der Waals surface area contributed by atoms with E-state index >= 15 is 0 Å². The van der Waals surface area contributed by atoms with E-state index < -0.39 is 0 Å². The Morgan fingerprint density at radius 1 is 1.14 bits per heavy atom. The van der Waals surface area contributed by atoms with Crippen LogP contribution in [-0.2, 0) is 9.59 Å². The van der Waals surface area contributed by atoms with Gasteiger partial charge in [0.05, 0.1) is 12.3 Å². The molecular formula is C21H23N5O2S. The van der Waals surface area contributed by atoms with Gasteiger partial charge in [-0.15, -0.1) is 5.10 Å². The SMILES string of the molecule is Cc1ccc(C)c(NC(=O)CN(C)C(=O)CSc2n[nH]c(-c3ccccc3)n2)c1. The van der Waals surface area contributed by atoms with E-state index in [0.717, 1.165) is 22.4 Å². The number of nitrogens with one attached hydrogen (secondary N) is 2. The lowest BCUT2D eigenvalue weighted by Gasteiger charge is -2.17. The van der Waals surface area contributed by atoms with Crippen molar-refractivity contribution >= 4 is 29.3 Å². The van der Waals surface area contributed by atoms with E-state index in [2.05, 4.69) is 20.5 Å². The lowest BCUT2D eigenvalue weighted by Crippen LogP contribution is -2.36. The molecule has 7 nitrogen and oxygen atoms in total. The van der Waals surface area contributed by atoms with Crippen LogP contribution in [-0.4, -0.2) is 51.2 Å². The van der Waals surface area contributed by atoms with E-state index in [4.69, 9.17) is 0 Å². The Labute approximate surface area is 173 Å². The van der Waals surface area contributed by atoms with Crippen LogP contribution in [0.2, 0.25) is 0 Å². The average molecular weight is 410 g/mol. The van der Waals surface area contributed by atoms with Gasteiger partial charge in [0, 0.05) is 18.3 Å². The second-order valence-corrected chi connectivity index (χ2v) is 7.68. The van der Waals surface area contributed by atoms with Gasteiger partial charge < -0.3 is 10.2 Å². The third kappa shape index (κ3) is 5.68. The largest absolute Gasteiger partial charge is 0.336 e. The van der Waals surface area contributed by atoms with Crippen molar-refractivity contribution in [3.63, 3.8) is 0 Å². The molecule has 0 aliphatic rings. The van der Waals surface area contributed by atoms with Gasteiger partial charge in [0.1, 0.15) is 0 Å². The first-order valence-corrected chi connectivity index (χ1v) is 10.1. The van der Waals surface area contributed by atoms with Crippen molar-refractivity contribution in [1.82, 2.24) is 20.1 Å². The third-order valence-electron chi connectivity index (χ3n) is 4.31. The summed E-state index contributed by atoms with van der Waals surface area (Å²) in [5.74, 6) is 0.405. The number of thioether (sulfide) groups is 1. The molecule has 3 aromatic rings. The predicted octanol–water partition coefficient (Wildman–Crippen LogP) is 3.28. The first-order chi connectivity index (χ1) is 13.9. The van der Waals surface area contributed by atoms with Gasteiger partial charge in [0.25, 0.3) is 0 Å². The number of aromatic amines is 1. The van der Waals surface area contributed by atoms with Crippen molar-refractivity contribution in [2.45, 2.75) is 19.0 Å². The molecular weight excluding hydrogens is 386 g/mol. The Morgan fingerprint density at radius 2 is 1.90 bits per heavy atom. The van der Waals surface area contributed by atoms with Crippen LogP contribution in [0.5, 0.6) is 0 Å². The fraction of sp³-hybridized carbons (Fsp3) is 0.238. The van der Waals surface area contributed by atoms with Gasteiger partial charge in [-0.25, -0.2) is 4.98 Å². The predicted molar refractivity (Wildman–Crippen MR) is 115 cm³/mol. The monoisotopic (exact) mass is 409 g/mol. The molecule has 0 spiro atoms. The number of H-pyrrole nitrogens is 1. The molecule has 0 saturated heterocycles. The summed E-state index contributed by atoms with van der Waals surface area (Å²) in [6.07, 6.45) is 0. The van der Waals surface area contributed by atoms with Crippen molar-refractivity contribution < 1.29 is 9.59 Å². The molecule has 3 rings (SSSR count). The number of carbonyl (C=O) groups is 2. The highest BCUT2D eigenvalue weighted by Gasteiger charge is 2.15. The molecule has 8 heteroatoms.